The summed E-state index contributed by atoms with van der Waals surface area (Å²) in [6.07, 6.45) is 1.58. The van der Waals surface area contributed by atoms with Gasteiger partial charge in [-0.05, 0) is 17.0 Å². The lowest BCUT2D eigenvalue weighted by atomic mass is 10.2. The monoisotopic (exact) mass is 361 g/mol. The molecule has 0 aliphatic carbocycles. The number of sulfonamides is 1. The van der Waals surface area contributed by atoms with Crippen LogP contribution in [0.15, 0.2) is 58.9 Å². The van der Waals surface area contributed by atoms with Crippen LogP contribution in [0.1, 0.15) is 12.5 Å². The highest BCUT2D eigenvalue weighted by molar-refractivity contribution is 7.89. The summed E-state index contributed by atoms with van der Waals surface area (Å²) in [7, 11) is -1.89. The highest BCUT2D eigenvalue weighted by Gasteiger charge is 2.29. The van der Waals surface area contributed by atoms with Gasteiger partial charge in [-0.25, -0.2) is 8.42 Å². The average molecular weight is 361 g/mol. The Bertz CT molecular complexity index is 901. The predicted molar refractivity (Wildman–Crippen MR) is 96.2 cm³/mol. The van der Waals surface area contributed by atoms with E-state index in [1.165, 1.54) is 15.6 Å². The molecule has 0 aliphatic rings. The smallest absolute Gasteiger partial charge is 0.247 e. The van der Waals surface area contributed by atoms with Crippen molar-refractivity contribution in [3.8, 4) is 10.6 Å². The molecule has 0 saturated heterocycles. The summed E-state index contributed by atoms with van der Waals surface area (Å²) in [5, 5.41) is 6.28. The van der Waals surface area contributed by atoms with Crippen LogP contribution in [0.4, 0.5) is 0 Å². The van der Waals surface area contributed by atoms with Crippen molar-refractivity contribution < 1.29 is 8.42 Å². The predicted octanol–water partition coefficient (Wildman–Crippen LogP) is 3.36. The van der Waals surface area contributed by atoms with Crippen LogP contribution in [0, 0.1) is 0 Å². The number of hydrogen-bond donors (Lipinski definition) is 0. The maximum Gasteiger partial charge on any atom is 0.247 e. The van der Waals surface area contributed by atoms with E-state index in [0.29, 0.717) is 18.8 Å². The quantitative estimate of drug-likeness (QED) is 0.676. The number of thiophene rings is 1. The van der Waals surface area contributed by atoms with Gasteiger partial charge in [-0.15, -0.1) is 11.3 Å². The summed E-state index contributed by atoms with van der Waals surface area (Å²) in [5.74, 6) is 0. The number of nitrogens with zero attached hydrogens (tertiary/aromatic N) is 3. The van der Waals surface area contributed by atoms with Gasteiger partial charge in [-0.3, -0.25) is 4.68 Å². The molecule has 0 radical (unpaired) electrons. The lowest BCUT2D eigenvalue weighted by molar-refractivity contribution is 0.423. The molecule has 3 aromatic rings. The number of benzene rings is 1. The third-order valence-electron chi connectivity index (χ3n) is 3.72. The van der Waals surface area contributed by atoms with E-state index in [-0.39, 0.29) is 4.90 Å². The van der Waals surface area contributed by atoms with E-state index in [4.69, 9.17) is 0 Å². The zero-order valence-electron chi connectivity index (χ0n) is 13.6. The van der Waals surface area contributed by atoms with Crippen molar-refractivity contribution in [3.05, 3.63) is 59.6 Å². The van der Waals surface area contributed by atoms with E-state index in [9.17, 15) is 8.42 Å². The fourth-order valence-corrected chi connectivity index (χ4v) is 4.94. The molecule has 0 bridgehead atoms. The Morgan fingerprint density at radius 1 is 1.17 bits per heavy atom. The van der Waals surface area contributed by atoms with Crippen LogP contribution in [-0.2, 0) is 23.6 Å². The molecule has 0 atom stereocenters. The van der Waals surface area contributed by atoms with Gasteiger partial charge >= 0.3 is 0 Å². The molecule has 0 N–H and O–H groups in total. The van der Waals surface area contributed by atoms with E-state index in [2.05, 4.69) is 5.10 Å². The molecule has 2 heterocycles. The fraction of sp³-hybridized carbons (Fsp3) is 0.235. The number of hydrogen-bond acceptors (Lipinski definition) is 4. The lowest BCUT2D eigenvalue weighted by Gasteiger charge is -2.20. The van der Waals surface area contributed by atoms with E-state index in [0.717, 1.165) is 10.4 Å². The molecule has 0 saturated carbocycles. The van der Waals surface area contributed by atoms with Crippen molar-refractivity contribution in [1.82, 2.24) is 14.1 Å². The Kier molecular flexibility index (Phi) is 4.84. The highest BCUT2D eigenvalue weighted by atomic mass is 32.2. The van der Waals surface area contributed by atoms with E-state index < -0.39 is 10.0 Å². The third kappa shape index (κ3) is 3.28. The number of aryl methyl sites for hydroxylation is 1. The van der Waals surface area contributed by atoms with E-state index >= 15 is 0 Å². The van der Waals surface area contributed by atoms with Crippen molar-refractivity contribution in [2.75, 3.05) is 6.54 Å². The van der Waals surface area contributed by atoms with Gasteiger partial charge in [-0.1, -0.05) is 43.3 Å². The molecule has 2 aromatic heterocycles. The van der Waals surface area contributed by atoms with Crippen LogP contribution >= 0.6 is 11.3 Å². The van der Waals surface area contributed by atoms with Crippen molar-refractivity contribution in [1.29, 1.82) is 0 Å². The highest BCUT2D eigenvalue weighted by Crippen LogP contribution is 2.31. The molecular formula is C17H19N3O2S2. The van der Waals surface area contributed by atoms with E-state index in [1.807, 2.05) is 54.8 Å². The second-order valence-electron chi connectivity index (χ2n) is 5.41. The minimum atomic E-state index is -3.63. The first-order chi connectivity index (χ1) is 11.5. The van der Waals surface area contributed by atoms with Gasteiger partial charge < -0.3 is 0 Å². The zero-order chi connectivity index (χ0) is 17.2. The SMILES string of the molecule is CCN(Cc1ccccc1)S(=O)(=O)c1cn(C)nc1-c1cccs1. The molecule has 126 valence electrons. The molecular weight excluding hydrogens is 342 g/mol. The standard InChI is InChI=1S/C17H19N3O2S2/c1-3-20(12-14-8-5-4-6-9-14)24(21,22)16-13-19(2)18-17(16)15-10-7-11-23-15/h4-11,13H,3,12H2,1-2H3. The van der Waals surface area contributed by atoms with Crippen LogP contribution in [0.5, 0.6) is 0 Å². The molecule has 0 amide bonds. The van der Waals surface area contributed by atoms with Gasteiger partial charge in [0, 0.05) is 26.3 Å². The van der Waals surface area contributed by atoms with Crippen LogP contribution in [0.2, 0.25) is 0 Å². The first-order valence-corrected chi connectivity index (χ1v) is 9.96. The average Bonchev–Trinajstić information content (AvgIpc) is 3.22. The van der Waals surface area contributed by atoms with Gasteiger partial charge in [0.15, 0.2) is 0 Å². The molecule has 5 nitrogen and oxygen atoms in total. The Balaban J connectivity index is 2.00. The summed E-state index contributed by atoms with van der Waals surface area (Å²) in [5.41, 5.74) is 1.48. The molecule has 0 unspecified atom stereocenters. The molecule has 0 aliphatic heterocycles. The van der Waals surface area contributed by atoms with Crippen LogP contribution < -0.4 is 0 Å². The Hall–Kier alpha value is -1.96. The first kappa shape index (κ1) is 16.9. The Morgan fingerprint density at radius 2 is 1.92 bits per heavy atom. The zero-order valence-corrected chi connectivity index (χ0v) is 15.2. The van der Waals surface area contributed by atoms with Gasteiger partial charge in [0.2, 0.25) is 10.0 Å². The van der Waals surface area contributed by atoms with Crippen molar-refractivity contribution in [2.45, 2.75) is 18.4 Å². The first-order valence-electron chi connectivity index (χ1n) is 7.64. The molecule has 3 rings (SSSR count). The van der Waals surface area contributed by atoms with Crippen LogP contribution in [0.3, 0.4) is 0 Å². The van der Waals surface area contributed by atoms with Crippen molar-refractivity contribution in [2.24, 2.45) is 7.05 Å². The van der Waals surface area contributed by atoms with E-state index in [1.54, 1.807) is 17.9 Å². The molecule has 0 spiro atoms. The maximum absolute atomic E-state index is 13.2. The lowest BCUT2D eigenvalue weighted by Crippen LogP contribution is -2.30. The largest absolute Gasteiger partial charge is 0.274 e. The van der Waals surface area contributed by atoms with Crippen LogP contribution in [0.25, 0.3) is 10.6 Å². The summed E-state index contributed by atoms with van der Waals surface area (Å²) in [6.45, 7) is 2.59. The maximum atomic E-state index is 13.2. The number of aromatic nitrogens is 2. The molecule has 7 heteroatoms. The van der Waals surface area contributed by atoms with Crippen LogP contribution in [-0.4, -0.2) is 29.0 Å². The summed E-state index contributed by atoms with van der Waals surface area (Å²) >= 11 is 1.48. The Morgan fingerprint density at radius 3 is 2.54 bits per heavy atom. The van der Waals surface area contributed by atoms with Crippen molar-refractivity contribution >= 4 is 21.4 Å². The summed E-state index contributed by atoms with van der Waals surface area (Å²) in [4.78, 5) is 1.11. The summed E-state index contributed by atoms with van der Waals surface area (Å²) in [6, 6.07) is 13.4. The summed E-state index contributed by atoms with van der Waals surface area (Å²) < 4.78 is 29.4. The topological polar surface area (TPSA) is 55.2 Å². The van der Waals surface area contributed by atoms with Gasteiger partial charge in [0.25, 0.3) is 0 Å². The molecule has 24 heavy (non-hydrogen) atoms. The molecule has 0 fully saturated rings. The van der Waals surface area contributed by atoms with Gasteiger partial charge in [0.05, 0.1) is 4.88 Å². The second-order valence-corrected chi connectivity index (χ2v) is 8.26. The fourth-order valence-electron chi connectivity index (χ4n) is 2.53. The van der Waals surface area contributed by atoms with Gasteiger partial charge in [-0.2, -0.15) is 9.40 Å². The van der Waals surface area contributed by atoms with Gasteiger partial charge in [0.1, 0.15) is 10.6 Å². The third-order valence-corrected chi connectivity index (χ3v) is 6.52. The minimum absolute atomic E-state index is 0.255. The minimum Gasteiger partial charge on any atom is -0.274 e. The molecule has 1 aromatic carbocycles. The number of rotatable bonds is 6. The second kappa shape index (κ2) is 6.88. The Labute approximate surface area is 146 Å². The van der Waals surface area contributed by atoms with Crippen molar-refractivity contribution in [3.63, 3.8) is 0 Å². The normalized spacial score (nSPS) is 12.0.